The lowest BCUT2D eigenvalue weighted by Gasteiger charge is -2.23. The number of rotatable bonds is 4. The predicted octanol–water partition coefficient (Wildman–Crippen LogP) is 3.12. The van der Waals surface area contributed by atoms with Crippen LogP contribution in [-0.4, -0.2) is 38.6 Å². The van der Waals surface area contributed by atoms with Gasteiger partial charge in [0.2, 0.25) is 17.6 Å². The molecule has 27 heavy (non-hydrogen) atoms. The fraction of sp³-hybridized carbons (Fsp3) is 0.381. The van der Waals surface area contributed by atoms with Crippen LogP contribution < -0.4 is 0 Å². The second-order valence-corrected chi connectivity index (χ2v) is 7.65. The molecular formula is C21H22N4O2. The lowest BCUT2D eigenvalue weighted by Crippen LogP contribution is -2.37. The molecule has 2 aromatic heterocycles. The van der Waals surface area contributed by atoms with Crippen molar-refractivity contribution in [2.45, 2.75) is 30.6 Å². The van der Waals surface area contributed by atoms with Crippen molar-refractivity contribution in [2.75, 3.05) is 13.1 Å². The highest BCUT2D eigenvalue weighted by molar-refractivity contribution is 5.91. The maximum atomic E-state index is 13.2. The van der Waals surface area contributed by atoms with Gasteiger partial charge in [0.25, 0.3) is 0 Å². The quantitative estimate of drug-likeness (QED) is 0.715. The largest absolute Gasteiger partial charge is 0.348 e. The summed E-state index contributed by atoms with van der Waals surface area (Å²) >= 11 is 0. The summed E-state index contributed by atoms with van der Waals surface area (Å²) in [6.45, 7) is 1.40. The summed E-state index contributed by atoms with van der Waals surface area (Å²) in [6, 6.07) is 14.1. The van der Waals surface area contributed by atoms with Crippen molar-refractivity contribution < 1.29 is 9.32 Å². The van der Waals surface area contributed by atoms with E-state index in [0.29, 0.717) is 18.3 Å². The normalized spacial score (nSPS) is 20.8. The number of aryl methyl sites for hydroxylation is 1. The summed E-state index contributed by atoms with van der Waals surface area (Å²) in [5, 5.41) is 4.13. The van der Waals surface area contributed by atoms with E-state index in [1.807, 2.05) is 53.0 Å². The first-order valence-corrected chi connectivity index (χ1v) is 9.48. The van der Waals surface area contributed by atoms with Gasteiger partial charge in [0.1, 0.15) is 0 Å². The average molecular weight is 362 g/mol. The summed E-state index contributed by atoms with van der Waals surface area (Å²) < 4.78 is 7.50. The van der Waals surface area contributed by atoms with Gasteiger partial charge in [-0.2, -0.15) is 4.98 Å². The number of carbonyl (C=O) groups excluding carboxylic acids is 1. The van der Waals surface area contributed by atoms with Crippen molar-refractivity contribution in [2.24, 2.45) is 7.05 Å². The molecule has 1 unspecified atom stereocenters. The maximum Gasteiger partial charge on any atom is 0.233 e. The van der Waals surface area contributed by atoms with Crippen LogP contribution in [0.25, 0.3) is 11.5 Å². The predicted molar refractivity (Wildman–Crippen MR) is 100.0 cm³/mol. The standard InChI is InChI=1S/C21H22N4O2/c1-24-12-5-8-17(24)18-22-19(27-23-18)15-9-13-25(14-15)20(26)21(10-11-21)16-6-3-2-4-7-16/h2-8,12,15H,9-11,13-14H2,1H3. The van der Waals surface area contributed by atoms with Gasteiger partial charge >= 0.3 is 0 Å². The zero-order valence-electron chi connectivity index (χ0n) is 15.3. The topological polar surface area (TPSA) is 64.2 Å². The fourth-order valence-corrected chi connectivity index (χ4v) is 4.16. The van der Waals surface area contributed by atoms with Crippen molar-refractivity contribution in [3.63, 3.8) is 0 Å². The molecule has 1 saturated heterocycles. The van der Waals surface area contributed by atoms with Crippen LogP contribution >= 0.6 is 0 Å². The van der Waals surface area contributed by atoms with Crippen molar-refractivity contribution in [1.82, 2.24) is 19.6 Å². The summed E-state index contributed by atoms with van der Waals surface area (Å²) in [7, 11) is 1.96. The number of hydrogen-bond donors (Lipinski definition) is 0. The second kappa shape index (κ2) is 6.08. The van der Waals surface area contributed by atoms with Gasteiger partial charge in [-0.15, -0.1) is 0 Å². The molecule has 5 rings (SSSR count). The van der Waals surface area contributed by atoms with Gasteiger partial charge in [-0.05, 0) is 37.0 Å². The molecule has 2 aliphatic rings. The molecule has 6 heteroatoms. The van der Waals surface area contributed by atoms with Gasteiger partial charge in [0, 0.05) is 26.3 Å². The maximum absolute atomic E-state index is 13.2. The zero-order chi connectivity index (χ0) is 18.4. The third-order valence-corrected chi connectivity index (χ3v) is 5.93. The first-order chi connectivity index (χ1) is 13.2. The highest BCUT2D eigenvalue weighted by Gasteiger charge is 2.53. The van der Waals surface area contributed by atoms with E-state index in [1.54, 1.807) is 0 Å². The molecule has 1 atom stereocenters. The Labute approximate surface area is 157 Å². The van der Waals surface area contributed by atoms with E-state index in [-0.39, 0.29) is 17.2 Å². The SMILES string of the molecule is Cn1cccc1-c1noc(C2CCN(C(=O)C3(c4ccccc4)CC3)C2)n1. The number of amides is 1. The average Bonchev–Trinajstić information content (AvgIpc) is 3.06. The van der Waals surface area contributed by atoms with Crippen molar-refractivity contribution in [3.8, 4) is 11.5 Å². The van der Waals surface area contributed by atoms with E-state index in [9.17, 15) is 4.79 Å². The molecule has 0 bridgehead atoms. The number of benzene rings is 1. The summed E-state index contributed by atoms with van der Waals surface area (Å²) in [5.41, 5.74) is 1.76. The van der Waals surface area contributed by atoms with E-state index in [1.165, 1.54) is 0 Å². The Kier molecular flexibility index (Phi) is 3.67. The molecular weight excluding hydrogens is 340 g/mol. The molecule has 1 aliphatic carbocycles. The molecule has 6 nitrogen and oxygen atoms in total. The second-order valence-electron chi connectivity index (χ2n) is 7.65. The van der Waals surface area contributed by atoms with E-state index in [2.05, 4.69) is 22.3 Å². The number of aromatic nitrogens is 3. The minimum atomic E-state index is -0.306. The van der Waals surface area contributed by atoms with Crippen LogP contribution in [0.5, 0.6) is 0 Å². The van der Waals surface area contributed by atoms with E-state index in [4.69, 9.17) is 4.52 Å². The van der Waals surface area contributed by atoms with Gasteiger partial charge in [-0.3, -0.25) is 4.79 Å². The Morgan fingerprint density at radius 2 is 2.00 bits per heavy atom. The van der Waals surface area contributed by atoms with Crippen LogP contribution in [0.3, 0.4) is 0 Å². The lowest BCUT2D eigenvalue weighted by atomic mass is 9.94. The Bertz CT molecular complexity index is 971. The summed E-state index contributed by atoms with van der Waals surface area (Å²) in [6.07, 6.45) is 4.70. The summed E-state index contributed by atoms with van der Waals surface area (Å²) in [5.74, 6) is 1.59. The van der Waals surface area contributed by atoms with Gasteiger partial charge in [-0.25, -0.2) is 0 Å². The Morgan fingerprint density at radius 3 is 2.70 bits per heavy atom. The van der Waals surface area contributed by atoms with Gasteiger partial charge in [-0.1, -0.05) is 35.5 Å². The Balaban J connectivity index is 1.32. The molecule has 2 fully saturated rings. The molecule has 1 aliphatic heterocycles. The fourth-order valence-electron chi connectivity index (χ4n) is 4.16. The van der Waals surface area contributed by atoms with E-state index in [0.717, 1.165) is 37.1 Å². The smallest absolute Gasteiger partial charge is 0.233 e. The first kappa shape index (κ1) is 16.3. The molecule has 0 N–H and O–H groups in total. The molecule has 1 aromatic carbocycles. The zero-order valence-corrected chi connectivity index (χ0v) is 15.3. The van der Waals surface area contributed by atoms with Crippen LogP contribution in [-0.2, 0) is 17.3 Å². The minimum absolute atomic E-state index is 0.113. The summed E-state index contributed by atoms with van der Waals surface area (Å²) in [4.78, 5) is 19.8. The van der Waals surface area contributed by atoms with Crippen molar-refractivity contribution in [3.05, 3.63) is 60.1 Å². The molecule has 1 amide bonds. The molecule has 0 radical (unpaired) electrons. The van der Waals surface area contributed by atoms with E-state index < -0.39 is 0 Å². The number of likely N-dealkylation sites (tertiary alicyclic amines) is 1. The third kappa shape index (κ3) is 2.67. The van der Waals surface area contributed by atoms with Crippen molar-refractivity contribution in [1.29, 1.82) is 0 Å². The van der Waals surface area contributed by atoms with Gasteiger partial charge in [0.15, 0.2) is 0 Å². The van der Waals surface area contributed by atoms with Crippen molar-refractivity contribution >= 4 is 5.91 Å². The highest BCUT2D eigenvalue weighted by atomic mass is 16.5. The Hall–Kier alpha value is -2.89. The molecule has 3 aromatic rings. The molecule has 3 heterocycles. The lowest BCUT2D eigenvalue weighted by molar-refractivity contribution is -0.132. The van der Waals surface area contributed by atoms with Crippen LogP contribution in [0.2, 0.25) is 0 Å². The van der Waals surface area contributed by atoms with Crippen LogP contribution in [0.4, 0.5) is 0 Å². The van der Waals surface area contributed by atoms with Crippen LogP contribution in [0, 0.1) is 0 Å². The van der Waals surface area contributed by atoms with Crippen LogP contribution in [0.15, 0.2) is 53.2 Å². The third-order valence-electron chi connectivity index (χ3n) is 5.93. The molecule has 0 spiro atoms. The monoisotopic (exact) mass is 362 g/mol. The molecule has 1 saturated carbocycles. The highest BCUT2D eigenvalue weighted by Crippen LogP contribution is 2.50. The van der Waals surface area contributed by atoms with E-state index >= 15 is 0 Å². The van der Waals surface area contributed by atoms with Gasteiger partial charge in [0.05, 0.1) is 17.0 Å². The van der Waals surface area contributed by atoms with Gasteiger partial charge < -0.3 is 14.0 Å². The molecule has 138 valence electrons. The minimum Gasteiger partial charge on any atom is -0.348 e. The van der Waals surface area contributed by atoms with Crippen LogP contribution in [0.1, 0.15) is 36.6 Å². The number of nitrogens with zero attached hydrogens (tertiary/aromatic N) is 4. The number of hydrogen-bond acceptors (Lipinski definition) is 4. The Morgan fingerprint density at radius 1 is 1.19 bits per heavy atom. The first-order valence-electron chi connectivity index (χ1n) is 9.48. The number of carbonyl (C=O) groups is 1.